The van der Waals surface area contributed by atoms with E-state index in [0.29, 0.717) is 0 Å². The Labute approximate surface area is 132 Å². The van der Waals surface area contributed by atoms with Crippen LogP contribution in [0.15, 0.2) is 0 Å². The largest absolute Gasteiger partial charge is 0.352 e. The van der Waals surface area contributed by atoms with Gasteiger partial charge in [0, 0.05) is 12.1 Å². The number of carbonyl (C=O) groups excluding carboxylic acids is 2. The molecule has 1 aliphatic carbocycles. The highest BCUT2D eigenvalue weighted by molar-refractivity contribution is 5.85. The summed E-state index contributed by atoms with van der Waals surface area (Å²) in [5.41, 5.74) is 0. The first-order valence-electron chi connectivity index (χ1n) is 7.78. The number of carbonyl (C=O) groups is 2. The van der Waals surface area contributed by atoms with Crippen molar-refractivity contribution in [2.24, 2.45) is 0 Å². The SMILES string of the molecule is Cl.O=C(CNC(=O)NC1CCCCC1)NC1CCNCC1. The van der Waals surface area contributed by atoms with E-state index in [4.69, 9.17) is 0 Å². The first kappa shape index (κ1) is 18.0. The molecule has 0 radical (unpaired) electrons. The van der Waals surface area contributed by atoms with Gasteiger partial charge in [-0.1, -0.05) is 19.3 Å². The standard InChI is InChI=1S/C14H26N4O2.ClH/c19-13(17-12-6-8-15-9-7-12)10-16-14(20)18-11-4-2-1-3-5-11;/h11-12,15H,1-10H2,(H,17,19)(H2,16,18,20);1H. The molecule has 0 unspecified atom stereocenters. The van der Waals surface area contributed by atoms with Crippen LogP contribution in [-0.2, 0) is 4.79 Å². The van der Waals surface area contributed by atoms with Gasteiger partial charge in [0.1, 0.15) is 0 Å². The van der Waals surface area contributed by atoms with E-state index in [0.717, 1.165) is 38.8 Å². The summed E-state index contributed by atoms with van der Waals surface area (Å²) in [6.45, 7) is 1.95. The average molecular weight is 319 g/mol. The van der Waals surface area contributed by atoms with E-state index in [1.165, 1.54) is 19.3 Å². The third-order valence-electron chi connectivity index (χ3n) is 4.05. The Bertz CT molecular complexity index is 297. The maximum absolute atomic E-state index is 11.7. The van der Waals surface area contributed by atoms with E-state index in [2.05, 4.69) is 21.3 Å². The molecule has 0 spiro atoms. The second kappa shape index (κ2) is 9.84. The zero-order valence-corrected chi connectivity index (χ0v) is 13.3. The van der Waals surface area contributed by atoms with Gasteiger partial charge in [0.15, 0.2) is 0 Å². The maximum atomic E-state index is 11.7. The molecule has 122 valence electrons. The van der Waals surface area contributed by atoms with E-state index in [-0.39, 0.29) is 43.0 Å². The van der Waals surface area contributed by atoms with Crippen LogP contribution in [0.3, 0.4) is 0 Å². The van der Waals surface area contributed by atoms with Crippen molar-refractivity contribution in [1.29, 1.82) is 0 Å². The van der Waals surface area contributed by atoms with Gasteiger partial charge >= 0.3 is 6.03 Å². The molecule has 0 aromatic carbocycles. The van der Waals surface area contributed by atoms with Gasteiger partial charge in [-0.05, 0) is 38.8 Å². The Morgan fingerprint density at radius 3 is 2.19 bits per heavy atom. The number of urea groups is 1. The van der Waals surface area contributed by atoms with Gasteiger partial charge in [-0.25, -0.2) is 4.79 Å². The Morgan fingerprint density at radius 2 is 1.52 bits per heavy atom. The van der Waals surface area contributed by atoms with Crippen molar-refractivity contribution >= 4 is 24.3 Å². The fourth-order valence-electron chi connectivity index (χ4n) is 2.89. The van der Waals surface area contributed by atoms with Crippen LogP contribution in [0, 0.1) is 0 Å². The molecule has 0 atom stereocenters. The molecule has 1 aliphatic heterocycles. The van der Waals surface area contributed by atoms with Crippen LogP contribution < -0.4 is 21.3 Å². The predicted octanol–water partition coefficient (Wildman–Crippen LogP) is 0.908. The Morgan fingerprint density at radius 1 is 0.905 bits per heavy atom. The van der Waals surface area contributed by atoms with Crippen LogP contribution in [0.1, 0.15) is 44.9 Å². The zero-order chi connectivity index (χ0) is 14.2. The van der Waals surface area contributed by atoms with Gasteiger partial charge in [-0.2, -0.15) is 0 Å². The lowest BCUT2D eigenvalue weighted by atomic mass is 9.96. The van der Waals surface area contributed by atoms with E-state index in [9.17, 15) is 9.59 Å². The van der Waals surface area contributed by atoms with Crippen molar-refractivity contribution < 1.29 is 9.59 Å². The van der Waals surface area contributed by atoms with E-state index in [1.54, 1.807) is 0 Å². The van der Waals surface area contributed by atoms with Gasteiger partial charge < -0.3 is 21.3 Å². The third kappa shape index (κ3) is 7.00. The fraction of sp³-hybridized carbons (Fsp3) is 0.857. The molecule has 0 aromatic rings. The highest BCUT2D eigenvalue weighted by Gasteiger charge is 2.17. The van der Waals surface area contributed by atoms with Crippen molar-refractivity contribution in [2.45, 2.75) is 57.0 Å². The molecule has 2 rings (SSSR count). The highest BCUT2D eigenvalue weighted by atomic mass is 35.5. The topological polar surface area (TPSA) is 82.3 Å². The number of hydrogen-bond donors (Lipinski definition) is 4. The Kier molecular flexibility index (Phi) is 8.45. The van der Waals surface area contributed by atoms with Gasteiger partial charge in [-0.3, -0.25) is 4.79 Å². The van der Waals surface area contributed by atoms with E-state index < -0.39 is 0 Å². The highest BCUT2D eigenvalue weighted by Crippen LogP contribution is 2.17. The molecule has 21 heavy (non-hydrogen) atoms. The Balaban J connectivity index is 0.00000220. The lowest BCUT2D eigenvalue weighted by molar-refractivity contribution is -0.120. The maximum Gasteiger partial charge on any atom is 0.315 e. The van der Waals surface area contributed by atoms with Crippen LogP contribution in [0.25, 0.3) is 0 Å². The first-order valence-corrected chi connectivity index (χ1v) is 7.78. The summed E-state index contributed by atoms with van der Waals surface area (Å²) in [6.07, 6.45) is 7.64. The molecule has 2 fully saturated rings. The van der Waals surface area contributed by atoms with Gasteiger partial charge in [-0.15, -0.1) is 12.4 Å². The smallest absolute Gasteiger partial charge is 0.315 e. The van der Waals surface area contributed by atoms with E-state index in [1.807, 2.05) is 0 Å². The van der Waals surface area contributed by atoms with Crippen LogP contribution in [0.2, 0.25) is 0 Å². The van der Waals surface area contributed by atoms with Crippen LogP contribution in [0.5, 0.6) is 0 Å². The quantitative estimate of drug-likeness (QED) is 0.622. The molecule has 4 N–H and O–H groups in total. The summed E-state index contributed by atoms with van der Waals surface area (Å²) in [5.74, 6) is -0.101. The van der Waals surface area contributed by atoms with Gasteiger partial charge in [0.25, 0.3) is 0 Å². The number of hydrogen-bond acceptors (Lipinski definition) is 3. The number of piperidine rings is 1. The molecule has 2 aliphatic rings. The van der Waals surface area contributed by atoms with Crippen LogP contribution in [-0.4, -0.2) is 43.7 Å². The molecular formula is C14H27ClN4O2. The lowest BCUT2D eigenvalue weighted by Gasteiger charge is -2.24. The van der Waals surface area contributed by atoms with Gasteiger partial charge in [0.05, 0.1) is 6.54 Å². The summed E-state index contributed by atoms with van der Waals surface area (Å²) in [6, 6.07) is 0.292. The second-order valence-electron chi connectivity index (χ2n) is 5.75. The molecule has 6 nitrogen and oxygen atoms in total. The fourth-order valence-corrected chi connectivity index (χ4v) is 2.89. The third-order valence-corrected chi connectivity index (χ3v) is 4.05. The average Bonchev–Trinajstić information content (AvgIpc) is 2.47. The summed E-state index contributed by atoms with van der Waals surface area (Å²) in [5, 5.41) is 11.8. The van der Waals surface area contributed by atoms with Crippen molar-refractivity contribution in [1.82, 2.24) is 21.3 Å². The summed E-state index contributed by atoms with van der Waals surface area (Å²) in [7, 11) is 0. The molecule has 0 aromatic heterocycles. The minimum Gasteiger partial charge on any atom is -0.352 e. The second-order valence-corrected chi connectivity index (χ2v) is 5.75. The number of nitrogens with one attached hydrogen (secondary N) is 4. The number of rotatable bonds is 4. The summed E-state index contributed by atoms with van der Waals surface area (Å²) < 4.78 is 0. The molecule has 1 heterocycles. The molecule has 0 bridgehead atoms. The number of halogens is 1. The van der Waals surface area contributed by atoms with Crippen LogP contribution >= 0.6 is 12.4 Å². The molecule has 3 amide bonds. The predicted molar refractivity (Wildman–Crippen MR) is 84.7 cm³/mol. The van der Waals surface area contributed by atoms with Crippen molar-refractivity contribution in [3.8, 4) is 0 Å². The molecule has 1 saturated heterocycles. The van der Waals surface area contributed by atoms with Crippen molar-refractivity contribution in [3.63, 3.8) is 0 Å². The molecule has 7 heteroatoms. The van der Waals surface area contributed by atoms with E-state index >= 15 is 0 Å². The normalized spacial score (nSPS) is 20.2. The van der Waals surface area contributed by atoms with Crippen LogP contribution in [0.4, 0.5) is 4.79 Å². The minimum absolute atomic E-state index is 0. The van der Waals surface area contributed by atoms with Gasteiger partial charge in [0.2, 0.25) is 5.91 Å². The number of amides is 3. The molecule has 1 saturated carbocycles. The lowest BCUT2D eigenvalue weighted by Crippen LogP contribution is -2.49. The summed E-state index contributed by atoms with van der Waals surface area (Å²) in [4.78, 5) is 23.4. The first-order chi connectivity index (χ1) is 9.74. The Hall–Kier alpha value is -1.01. The monoisotopic (exact) mass is 318 g/mol. The zero-order valence-electron chi connectivity index (χ0n) is 12.5. The van der Waals surface area contributed by atoms with Crippen molar-refractivity contribution in [3.05, 3.63) is 0 Å². The summed E-state index contributed by atoms with van der Waals surface area (Å²) >= 11 is 0. The minimum atomic E-state index is -0.225. The molecular weight excluding hydrogens is 292 g/mol. The van der Waals surface area contributed by atoms with Crippen molar-refractivity contribution in [2.75, 3.05) is 19.6 Å².